The van der Waals surface area contributed by atoms with Crippen molar-refractivity contribution in [3.8, 4) is 22.5 Å². The second-order valence-electron chi connectivity index (χ2n) is 11.3. The molecule has 2 aliphatic rings. The van der Waals surface area contributed by atoms with Crippen LogP contribution in [0.1, 0.15) is 0 Å². The average molecular weight is 533 g/mol. The highest BCUT2D eigenvalue weighted by atomic mass is 15.0. The Morgan fingerprint density at radius 2 is 0.643 bits per heavy atom. The summed E-state index contributed by atoms with van der Waals surface area (Å²) in [6.07, 6.45) is 0. The van der Waals surface area contributed by atoms with Crippen LogP contribution in [-0.2, 0) is 0 Å². The maximum atomic E-state index is 2.51. The zero-order chi connectivity index (χ0) is 27.4. The predicted octanol–water partition coefficient (Wildman–Crippen LogP) is 10.7. The topological polar surface area (TPSA) is 9.86 Å². The van der Waals surface area contributed by atoms with Crippen molar-refractivity contribution in [2.75, 3.05) is 0 Å². The van der Waals surface area contributed by atoms with Crippen LogP contribution in [0.15, 0.2) is 146 Å². The summed E-state index contributed by atoms with van der Waals surface area (Å²) in [5, 5.41) is 10.3. The third-order valence-corrected chi connectivity index (χ3v) is 9.21. The van der Waals surface area contributed by atoms with E-state index in [4.69, 9.17) is 0 Å². The van der Waals surface area contributed by atoms with Crippen LogP contribution in [0.25, 0.3) is 87.7 Å². The van der Waals surface area contributed by atoms with Crippen molar-refractivity contribution in [1.82, 2.24) is 9.13 Å². The van der Waals surface area contributed by atoms with E-state index in [2.05, 4.69) is 155 Å². The number of pyridine rings is 2. The molecular weight excluding hydrogens is 508 g/mol. The molecule has 0 amide bonds. The number of hydrogen-bond acceptors (Lipinski definition) is 0. The molecule has 0 radical (unpaired) electrons. The number of nitrogens with zero attached hydrogens (tertiary/aromatic N) is 2. The van der Waals surface area contributed by atoms with Gasteiger partial charge in [0.1, 0.15) is 0 Å². The summed E-state index contributed by atoms with van der Waals surface area (Å²) in [4.78, 5) is 0. The Morgan fingerprint density at radius 3 is 1.07 bits per heavy atom. The van der Waals surface area contributed by atoms with Crippen LogP contribution in [0.3, 0.4) is 0 Å². The number of aromatic nitrogens is 2. The van der Waals surface area contributed by atoms with Crippen molar-refractivity contribution in [2.24, 2.45) is 0 Å². The Kier molecular flexibility index (Phi) is 4.21. The summed E-state index contributed by atoms with van der Waals surface area (Å²) < 4.78 is 5.03. The van der Waals surface area contributed by atoms with Gasteiger partial charge in [-0.1, -0.05) is 109 Å². The summed E-state index contributed by atoms with van der Waals surface area (Å²) >= 11 is 0. The molecular formula is C40H24N2. The molecule has 10 rings (SSSR count). The fourth-order valence-electron chi connectivity index (χ4n) is 7.67. The van der Waals surface area contributed by atoms with Gasteiger partial charge in [-0.25, -0.2) is 0 Å². The van der Waals surface area contributed by atoms with Crippen LogP contribution in [0.2, 0.25) is 0 Å². The van der Waals surface area contributed by atoms with Gasteiger partial charge in [-0.15, -0.1) is 0 Å². The van der Waals surface area contributed by atoms with E-state index in [0.717, 1.165) is 0 Å². The molecule has 2 heteroatoms. The molecule has 2 nitrogen and oxygen atoms in total. The van der Waals surface area contributed by atoms with Crippen LogP contribution in [0.5, 0.6) is 0 Å². The van der Waals surface area contributed by atoms with Crippen molar-refractivity contribution in [3.05, 3.63) is 146 Å². The van der Waals surface area contributed by atoms with E-state index in [1.165, 1.54) is 87.7 Å². The highest BCUT2D eigenvalue weighted by molar-refractivity contribution is 6.37. The number of para-hydroxylation sites is 2. The first-order valence-electron chi connectivity index (χ1n) is 14.6. The van der Waals surface area contributed by atoms with Crippen molar-refractivity contribution >= 4 is 65.2 Å². The Hall–Kier alpha value is -5.60. The maximum Gasteiger partial charge on any atom is 0.0626 e. The Balaban J connectivity index is 1.67. The molecule has 0 aromatic heterocycles. The standard InChI is InChI=1S/C40H24N2/c1-3-13-25(14-4-1)41-33-23-11-21-29-28-18-8-10-20-32(28)40-38(35(29)33)37-36-30(27-17-7-9-19-31(27)39(37)41)22-12-24-34(36)42(40)26-15-5-2-6-16-26/h1-24H. The molecule has 8 aromatic carbocycles. The average Bonchev–Trinajstić information content (AvgIpc) is 3.07. The van der Waals surface area contributed by atoms with E-state index in [9.17, 15) is 0 Å². The lowest BCUT2D eigenvalue weighted by Gasteiger charge is -2.31. The van der Waals surface area contributed by atoms with Crippen LogP contribution in [0, 0.1) is 0 Å². The molecule has 0 atom stereocenters. The van der Waals surface area contributed by atoms with Gasteiger partial charge in [0.05, 0.1) is 22.1 Å². The Labute approximate surface area is 241 Å². The number of hydrogen-bond donors (Lipinski definition) is 0. The third kappa shape index (κ3) is 2.65. The molecule has 0 aliphatic carbocycles. The van der Waals surface area contributed by atoms with Gasteiger partial charge in [0.15, 0.2) is 0 Å². The molecule has 0 fully saturated rings. The quantitative estimate of drug-likeness (QED) is 0.155. The summed E-state index contributed by atoms with van der Waals surface area (Å²) in [5.41, 5.74) is 10.00. The van der Waals surface area contributed by atoms with E-state index in [1.807, 2.05) is 0 Å². The van der Waals surface area contributed by atoms with Gasteiger partial charge in [0, 0.05) is 44.0 Å². The Morgan fingerprint density at radius 1 is 0.286 bits per heavy atom. The molecule has 8 aromatic rings. The van der Waals surface area contributed by atoms with Crippen LogP contribution >= 0.6 is 0 Å². The molecule has 2 aliphatic heterocycles. The van der Waals surface area contributed by atoms with E-state index in [1.54, 1.807) is 0 Å². The van der Waals surface area contributed by atoms with Gasteiger partial charge in [0.25, 0.3) is 0 Å². The minimum atomic E-state index is 1.18. The third-order valence-electron chi connectivity index (χ3n) is 9.21. The molecule has 0 N–H and O–H groups in total. The van der Waals surface area contributed by atoms with Gasteiger partial charge in [-0.05, 0) is 57.9 Å². The molecule has 0 saturated carbocycles. The first-order valence-corrected chi connectivity index (χ1v) is 14.6. The van der Waals surface area contributed by atoms with Gasteiger partial charge in [0.2, 0.25) is 0 Å². The Bertz CT molecular complexity index is 2420. The molecule has 194 valence electrons. The van der Waals surface area contributed by atoms with Crippen LogP contribution in [0.4, 0.5) is 0 Å². The van der Waals surface area contributed by atoms with Crippen molar-refractivity contribution < 1.29 is 0 Å². The zero-order valence-corrected chi connectivity index (χ0v) is 22.8. The monoisotopic (exact) mass is 532 g/mol. The van der Waals surface area contributed by atoms with Crippen molar-refractivity contribution in [2.45, 2.75) is 0 Å². The summed E-state index contributed by atoms with van der Waals surface area (Å²) in [5.74, 6) is 0. The number of rotatable bonds is 2. The zero-order valence-electron chi connectivity index (χ0n) is 22.8. The van der Waals surface area contributed by atoms with Gasteiger partial charge < -0.3 is 9.13 Å². The molecule has 0 spiro atoms. The molecule has 0 unspecified atom stereocenters. The molecule has 0 bridgehead atoms. The lowest BCUT2D eigenvalue weighted by atomic mass is 9.82. The predicted molar refractivity (Wildman–Crippen MR) is 178 cm³/mol. The summed E-state index contributed by atoms with van der Waals surface area (Å²) in [6, 6.07) is 53.3. The highest BCUT2D eigenvalue weighted by Crippen LogP contribution is 2.54. The van der Waals surface area contributed by atoms with Crippen molar-refractivity contribution in [3.63, 3.8) is 0 Å². The fraction of sp³-hybridized carbons (Fsp3) is 0. The second kappa shape index (κ2) is 7.99. The van der Waals surface area contributed by atoms with Gasteiger partial charge >= 0.3 is 0 Å². The normalized spacial score (nSPS) is 12.3. The number of fused-ring (bicyclic) bond motifs is 6. The van der Waals surface area contributed by atoms with Gasteiger partial charge in [-0.2, -0.15) is 0 Å². The summed E-state index contributed by atoms with van der Waals surface area (Å²) in [6.45, 7) is 0. The first-order chi connectivity index (χ1) is 20.9. The lowest BCUT2D eigenvalue weighted by Crippen LogP contribution is -2.11. The SMILES string of the molecule is c1ccc(-n2c3cccc4c5ccccc5c5c(c43)-c3c4c(cccc4n5-c4ccccc4)c4ccccc4c32)cc1. The van der Waals surface area contributed by atoms with E-state index in [-0.39, 0.29) is 0 Å². The minimum Gasteiger partial charge on any atom is -0.309 e. The van der Waals surface area contributed by atoms with E-state index < -0.39 is 0 Å². The molecule has 0 saturated heterocycles. The van der Waals surface area contributed by atoms with Crippen LogP contribution in [-0.4, -0.2) is 9.13 Å². The first kappa shape index (κ1) is 22.1. The molecule has 2 heterocycles. The summed E-state index contributed by atoms with van der Waals surface area (Å²) in [7, 11) is 0. The van der Waals surface area contributed by atoms with Crippen LogP contribution < -0.4 is 0 Å². The maximum absolute atomic E-state index is 2.51. The number of benzene rings is 8. The lowest BCUT2D eigenvalue weighted by molar-refractivity contribution is 1.15. The molecule has 42 heavy (non-hydrogen) atoms. The minimum absolute atomic E-state index is 1.18. The largest absolute Gasteiger partial charge is 0.309 e. The van der Waals surface area contributed by atoms with Gasteiger partial charge in [-0.3, -0.25) is 0 Å². The van der Waals surface area contributed by atoms with E-state index in [0.29, 0.717) is 0 Å². The highest BCUT2D eigenvalue weighted by Gasteiger charge is 2.30. The van der Waals surface area contributed by atoms with E-state index >= 15 is 0 Å². The fourth-order valence-corrected chi connectivity index (χ4v) is 7.67. The van der Waals surface area contributed by atoms with Crippen molar-refractivity contribution in [1.29, 1.82) is 0 Å². The second-order valence-corrected chi connectivity index (χ2v) is 11.3. The smallest absolute Gasteiger partial charge is 0.0626 e.